The van der Waals surface area contributed by atoms with E-state index in [1.807, 2.05) is 24.9 Å². The number of anilines is 2. The number of amides is 1. The number of piperazine rings is 1. The fourth-order valence-electron chi connectivity index (χ4n) is 9.57. The van der Waals surface area contributed by atoms with Crippen molar-refractivity contribution in [3.8, 4) is 11.5 Å². The van der Waals surface area contributed by atoms with Gasteiger partial charge in [0.15, 0.2) is 0 Å². The highest BCUT2D eigenvalue weighted by atomic mass is 35.5. The van der Waals surface area contributed by atoms with E-state index >= 15 is 0 Å². The summed E-state index contributed by atoms with van der Waals surface area (Å²) in [5.74, 6) is -0.483. The number of H-pyrrole nitrogens is 1. The van der Waals surface area contributed by atoms with Gasteiger partial charge in [0, 0.05) is 92.3 Å². The van der Waals surface area contributed by atoms with Crippen LogP contribution in [-0.2, 0) is 10.0 Å². The fraction of sp³-hybridized carbons (Fsp3) is 0.417. The van der Waals surface area contributed by atoms with E-state index in [-0.39, 0.29) is 28.0 Å². The fourth-order valence-corrected chi connectivity index (χ4v) is 12.3. The van der Waals surface area contributed by atoms with Gasteiger partial charge < -0.3 is 19.9 Å². The molecule has 0 spiro atoms. The largest absolute Gasteiger partial charge is 0.455 e. The standard InChI is InChI=1S/C48H56ClN8O7PS/c1-47(2)14-12-35(41(29-47)33-4-6-36(49)7-5-33)31-54-18-20-55(21-19-54)37-8-10-40(44(27-37)64-38-26-34-13-17-50-45(34)51-30-38)46(58)53-66(62,63)39-9-11-42(43(28-39)57(59)60)52-32-48(15-16-48)56-22-24-65(3,61)25-23-56/h4-11,13,17,26-28,30,52,61H,12,14-16,18-25,29,31-32H2,1-3H3,(H-,50,51,53,58)/p+1. The number of halogens is 1. The molecule has 1 amide bonds. The molecule has 4 aliphatic rings. The number of nitro benzene ring substituents is 1. The first-order chi connectivity index (χ1) is 31.4. The monoisotopic (exact) mass is 955 g/mol. The third-order valence-corrected chi connectivity index (χ3v) is 17.8. The number of aromatic nitrogens is 2. The highest BCUT2D eigenvalue weighted by Crippen LogP contribution is 2.55. The van der Waals surface area contributed by atoms with Gasteiger partial charge in [-0.1, -0.05) is 43.2 Å². The summed E-state index contributed by atoms with van der Waals surface area (Å²) in [5.41, 5.74) is 5.35. The first-order valence-corrected chi connectivity index (χ1v) is 27.0. The maximum Gasteiger partial charge on any atom is 0.293 e. The summed E-state index contributed by atoms with van der Waals surface area (Å²) in [6.45, 7) is 12.6. The molecule has 0 atom stereocenters. The Morgan fingerprint density at radius 1 is 0.985 bits per heavy atom. The normalized spacial score (nSPS) is 19.7. The Kier molecular flexibility index (Phi) is 12.7. The molecule has 3 aromatic carbocycles. The number of allylic oxidation sites excluding steroid dienone is 1. The number of rotatable bonds is 14. The third kappa shape index (κ3) is 10.2. The molecule has 18 heteroatoms. The number of ether oxygens (including phenoxy) is 1. The number of nitrogens with one attached hydrogen (secondary N) is 3. The minimum Gasteiger partial charge on any atom is -0.455 e. The van der Waals surface area contributed by atoms with Crippen molar-refractivity contribution < 1.29 is 27.8 Å². The number of nitrogens with zero attached hydrogens (tertiary/aromatic N) is 5. The van der Waals surface area contributed by atoms with Crippen molar-refractivity contribution >= 4 is 68.7 Å². The number of pyridine rings is 1. The molecule has 5 aromatic rings. The van der Waals surface area contributed by atoms with E-state index in [2.05, 4.69) is 60.7 Å². The summed E-state index contributed by atoms with van der Waals surface area (Å²) < 4.78 is 36.2. The van der Waals surface area contributed by atoms with Crippen LogP contribution in [-0.4, -0.2) is 121 Å². The van der Waals surface area contributed by atoms with Crippen LogP contribution in [0.5, 0.6) is 11.5 Å². The molecule has 2 aliphatic carbocycles. The Hall–Kier alpha value is -5.09. The van der Waals surface area contributed by atoms with Gasteiger partial charge in [-0.25, -0.2) is 18.1 Å². The van der Waals surface area contributed by atoms with Gasteiger partial charge in [-0.15, -0.1) is 0 Å². The number of nitro groups is 1. The SMILES string of the molecule is CC1(C)CCC(CN2CCN(c3ccc(C(=O)NS(=O)(=O)c4ccc(NCC5(N6CC[P+](C)(O)CC6)CC5)c([N+](=O)[O-])c4)c(Oc4cnc5[nH]ccc5c4)c3)CC2)=C(c2ccc(Cl)cc2)C1. The molecule has 3 fully saturated rings. The van der Waals surface area contributed by atoms with E-state index in [9.17, 15) is 28.2 Å². The van der Waals surface area contributed by atoms with E-state index in [1.54, 1.807) is 30.5 Å². The van der Waals surface area contributed by atoms with Crippen LogP contribution in [0.1, 0.15) is 61.9 Å². The lowest BCUT2D eigenvalue weighted by Gasteiger charge is -2.39. The Morgan fingerprint density at radius 3 is 2.44 bits per heavy atom. The van der Waals surface area contributed by atoms with Crippen molar-refractivity contribution in [1.29, 1.82) is 0 Å². The molecule has 4 N–H and O–H groups in total. The predicted octanol–water partition coefficient (Wildman–Crippen LogP) is 8.64. The molecule has 2 aliphatic heterocycles. The number of hydrogen-bond acceptors (Lipinski definition) is 12. The lowest BCUT2D eigenvalue weighted by atomic mass is 9.72. The Bertz CT molecular complexity index is 2790. The molecule has 1 saturated carbocycles. The van der Waals surface area contributed by atoms with Crippen LogP contribution in [0.3, 0.4) is 0 Å². The van der Waals surface area contributed by atoms with Crippen molar-refractivity contribution in [2.45, 2.75) is 56.4 Å². The average Bonchev–Trinajstić information content (AvgIpc) is 3.93. The number of sulfonamides is 1. The van der Waals surface area contributed by atoms with E-state index in [4.69, 9.17) is 16.3 Å². The third-order valence-electron chi connectivity index (χ3n) is 13.9. The van der Waals surface area contributed by atoms with Crippen LogP contribution < -0.4 is 19.7 Å². The van der Waals surface area contributed by atoms with Gasteiger partial charge in [-0.2, -0.15) is 0 Å². The first-order valence-electron chi connectivity index (χ1n) is 22.6. The molecule has 4 heterocycles. The maximum absolute atomic E-state index is 14.0. The summed E-state index contributed by atoms with van der Waals surface area (Å²) in [7, 11) is -6.46. The molecule has 0 bridgehead atoms. The quantitative estimate of drug-likeness (QED) is 0.0473. The number of carbonyl (C=O) groups is 1. The van der Waals surface area contributed by atoms with Gasteiger partial charge in [0.25, 0.3) is 21.6 Å². The second-order valence-electron chi connectivity index (χ2n) is 19.3. The van der Waals surface area contributed by atoms with Gasteiger partial charge in [0.1, 0.15) is 30.3 Å². The van der Waals surface area contributed by atoms with E-state index < -0.39 is 38.9 Å². The van der Waals surface area contributed by atoms with Crippen LogP contribution in [0.4, 0.5) is 17.1 Å². The van der Waals surface area contributed by atoms with Crippen molar-refractivity contribution in [1.82, 2.24) is 24.5 Å². The Labute approximate surface area is 391 Å². The molecule has 66 heavy (non-hydrogen) atoms. The van der Waals surface area contributed by atoms with Gasteiger partial charge in [0.2, 0.25) is 0 Å². The van der Waals surface area contributed by atoms with Gasteiger partial charge in [0.05, 0.1) is 40.6 Å². The average molecular weight is 957 g/mol. The van der Waals surface area contributed by atoms with E-state index in [0.717, 1.165) is 112 Å². The summed E-state index contributed by atoms with van der Waals surface area (Å²) in [6.07, 6.45) is 9.85. The molecule has 15 nitrogen and oxygen atoms in total. The molecule has 0 radical (unpaired) electrons. The van der Waals surface area contributed by atoms with Crippen LogP contribution in [0.15, 0.2) is 95.7 Å². The van der Waals surface area contributed by atoms with Crippen molar-refractivity contribution in [3.63, 3.8) is 0 Å². The number of benzene rings is 3. The zero-order chi connectivity index (χ0) is 46.4. The van der Waals surface area contributed by atoms with E-state index in [1.165, 1.54) is 35.0 Å². The summed E-state index contributed by atoms with van der Waals surface area (Å²) >= 11 is 6.25. The van der Waals surface area contributed by atoms with E-state index in [0.29, 0.717) is 17.9 Å². The Balaban J connectivity index is 0.914. The van der Waals surface area contributed by atoms with Crippen LogP contribution in [0, 0.1) is 15.5 Å². The van der Waals surface area contributed by atoms with Gasteiger partial charge in [-0.05, 0) is 97.2 Å². The van der Waals surface area contributed by atoms with Crippen LogP contribution >= 0.6 is 19.1 Å². The summed E-state index contributed by atoms with van der Waals surface area (Å²) in [5, 5.41) is 17.0. The number of fused-ring (bicyclic) bond motifs is 1. The molecule has 9 rings (SSSR count). The summed E-state index contributed by atoms with van der Waals surface area (Å²) in [6, 6.07) is 20.5. The lowest BCUT2D eigenvalue weighted by Crippen LogP contribution is -2.48. The number of carbonyl (C=O) groups excluding carboxylic acids is 1. The topological polar surface area (TPSA) is 186 Å². The second kappa shape index (κ2) is 18.2. The summed E-state index contributed by atoms with van der Waals surface area (Å²) in [4.78, 5) is 50.4. The number of hydrogen-bond donors (Lipinski definition) is 4. The zero-order valence-electron chi connectivity index (χ0n) is 37.6. The second-order valence-corrected chi connectivity index (χ2v) is 25.0. The van der Waals surface area contributed by atoms with Crippen LogP contribution in [0.2, 0.25) is 5.02 Å². The first kappa shape index (κ1) is 46.0. The molecule has 2 aromatic heterocycles. The molecule has 0 unspecified atom stereocenters. The molecular weight excluding hydrogens is 899 g/mol. The predicted molar refractivity (Wildman–Crippen MR) is 262 cm³/mol. The molecule has 2 saturated heterocycles. The zero-order valence-corrected chi connectivity index (χ0v) is 40.0. The highest BCUT2D eigenvalue weighted by molar-refractivity contribution is 7.90. The Morgan fingerprint density at radius 2 is 1.73 bits per heavy atom. The maximum atomic E-state index is 14.0. The van der Waals surface area contributed by atoms with Crippen molar-refractivity contribution in [3.05, 3.63) is 117 Å². The molecular formula is C48H57ClN8O7PS+. The van der Waals surface area contributed by atoms with Crippen LogP contribution in [0.25, 0.3) is 16.6 Å². The van der Waals surface area contributed by atoms with Gasteiger partial charge in [-0.3, -0.25) is 29.6 Å². The minimum atomic E-state index is -4.59. The van der Waals surface area contributed by atoms with Crippen molar-refractivity contribution in [2.75, 3.05) is 81.6 Å². The smallest absolute Gasteiger partial charge is 0.293 e. The highest BCUT2D eigenvalue weighted by Gasteiger charge is 2.51. The van der Waals surface area contributed by atoms with Gasteiger partial charge >= 0.3 is 0 Å². The lowest BCUT2D eigenvalue weighted by molar-refractivity contribution is -0.384. The van der Waals surface area contributed by atoms with Crippen molar-refractivity contribution in [2.24, 2.45) is 5.41 Å². The molecule has 348 valence electrons. The minimum absolute atomic E-state index is 0.0408. The number of aromatic amines is 1.